The van der Waals surface area contributed by atoms with Crippen LogP contribution in [0.3, 0.4) is 0 Å². The summed E-state index contributed by atoms with van der Waals surface area (Å²) in [5.41, 5.74) is 0.717. The van der Waals surface area contributed by atoms with Crippen LogP contribution < -0.4 is 10.1 Å². The van der Waals surface area contributed by atoms with Gasteiger partial charge in [-0.15, -0.1) is 0 Å². The molecule has 0 unspecified atom stereocenters. The Hall–Kier alpha value is -2.30. The number of carbonyl (C=O) groups excluding carboxylic acids is 1. The minimum absolute atomic E-state index is 0.244. The van der Waals surface area contributed by atoms with Gasteiger partial charge >= 0.3 is 6.03 Å². The molecule has 2 rings (SSSR count). The molecule has 0 bridgehead atoms. The van der Waals surface area contributed by atoms with E-state index in [1.165, 1.54) is 4.68 Å². The van der Waals surface area contributed by atoms with Crippen LogP contribution in [0.15, 0.2) is 42.6 Å². The number of ether oxygens (including phenoxy) is 1. The molecule has 0 spiro atoms. The van der Waals surface area contributed by atoms with E-state index in [-0.39, 0.29) is 12.1 Å². The van der Waals surface area contributed by atoms with Crippen molar-refractivity contribution in [1.29, 1.82) is 0 Å². The first-order chi connectivity index (χ1) is 9.22. The van der Waals surface area contributed by atoms with Gasteiger partial charge in [-0.25, -0.2) is 4.79 Å². The van der Waals surface area contributed by atoms with Crippen LogP contribution in [-0.2, 0) is 0 Å². The molecular weight excluding hydrogens is 242 g/mol. The molecule has 5 heteroatoms. The average Bonchev–Trinajstić information content (AvgIpc) is 2.89. The summed E-state index contributed by atoms with van der Waals surface area (Å²) in [5, 5.41) is 6.74. The minimum atomic E-state index is -0.257. The number of amides is 1. The smallest absolute Gasteiger partial charge is 0.342 e. The van der Waals surface area contributed by atoms with Gasteiger partial charge in [0.15, 0.2) is 0 Å². The van der Waals surface area contributed by atoms with Crippen LogP contribution >= 0.6 is 0 Å². The number of carbonyl (C=O) groups is 1. The fourth-order valence-corrected chi connectivity index (χ4v) is 1.78. The van der Waals surface area contributed by atoms with Crippen LogP contribution in [0.1, 0.15) is 25.6 Å². The zero-order valence-corrected chi connectivity index (χ0v) is 11.0. The van der Waals surface area contributed by atoms with Gasteiger partial charge < -0.3 is 10.1 Å². The van der Waals surface area contributed by atoms with E-state index in [1.807, 2.05) is 44.2 Å². The van der Waals surface area contributed by atoms with Crippen molar-refractivity contribution in [2.75, 3.05) is 6.54 Å². The van der Waals surface area contributed by atoms with E-state index in [9.17, 15) is 4.79 Å². The van der Waals surface area contributed by atoms with Crippen LogP contribution in [-0.4, -0.2) is 22.4 Å². The van der Waals surface area contributed by atoms with Crippen molar-refractivity contribution in [1.82, 2.24) is 15.1 Å². The number of hydrogen-bond acceptors (Lipinski definition) is 3. The molecule has 0 aliphatic rings. The fraction of sp³-hybridized carbons (Fsp3) is 0.286. The Labute approximate surface area is 112 Å². The molecule has 0 aliphatic carbocycles. The number of benzene rings is 1. The summed E-state index contributed by atoms with van der Waals surface area (Å²) in [6.45, 7) is 4.32. The maximum Gasteiger partial charge on any atom is 0.342 e. The molecule has 1 aromatic heterocycles. The van der Waals surface area contributed by atoms with Gasteiger partial charge in [0.25, 0.3) is 0 Å². The predicted molar refractivity (Wildman–Crippen MR) is 72.2 cm³/mol. The molecule has 5 nitrogen and oxygen atoms in total. The minimum Gasteiger partial charge on any atom is -0.484 e. The number of aromatic nitrogens is 2. The van der Waals surface area contributed by atoms with Gasteiger partial charge in [0.05, 0.1) is 5.69 Å². The zero-order chi connectivity index (χ0) is 13.7. The van der Waals surface area contributed by atoms with Crippen molar-refractivity contribution in [2.45, 2.75) is 20.0 Å². The summed E-state index contributed by atoms with van der Waals surface area (Å²) in [4.78, 5) is 11.8. The SMILES string of the molecule is CCNC(=O)n1nccc1[C@H](C)Oc1ccccc1. The Kier molecular flexibility index (Phi) is 4.18. The molecule has 0 aliphatic heterocycles. The Morgan fingerprint density at radius 3 is 2.79 bits per heavy atom. The molecule has 1 aromatic carbocycles. The first kappa shape index (κ1) is 13.1. The lowest BCUT2D eigenvalue weighted by Gasteiger charge is -2.15. The first-order valence-electron chi connectivity index (χ1n) is 6.26. The lowest BCUT2D eigenvalue weighted by atomic mass is 10.2. The number of hydrogen-bond donors (Lipinski definition) is 1. The van der Waals surface area contributed by atoms with Crippen molar-refractivity contribution in [3.8, 4) is 5.75 Å². The van der Waals surface area contributed by atoms with Gasteiger partial charge in [-0.3, -0.25) is 0 Å². The summed E-state index contributed by atoms with van der Waals surface area (Å²) in [7, 11) is 0. The molecule has 1 N–H and O–H groups in total. The van der Waals surface area contributed by atoms with E-state index in [0.717, 1.165) is 11.4 Å². The second-order valence-corrected chi connectivity index (χ2v) is 4.08. The molecular formula is C14H17N3O2. The average molecular weight is 259 g/mol. The Morgan fingerprint density at radius 2 is 2.11 bits per heavy atom. The highest BCUT2D eigenvalue weighted by Crippen LogP contribution is 2.20. The summed E-state index contributed by atoms with van der Waals surface area (Å²) in [6, 6.07) is 11.0. The Balaban J connectivity index is 2.13. The molecule has 0 saturated carbocycles. The maximum absolute atomic E-state index is 11.8. The van der Waals surface area contributed by atoms with Crippen LogP contribution in [0, 0.1) is 0 Å². The van der Waals surface area contributed by atoms with Crippen molar-refractivity contribution in [3.05, 3.63) is 48.3 Å². The number of rotatable bonds is 4. The zero-order valence-electron chi connectivity index (χ0n) is 11.0. The van der Waals surface area contributed by atoms with E-state index >= 15 is 0 Å². The van der Waals surface area contributed by atoms with Crippen LogP contribution in [0.2, 0.25) is 0 Å². The lowest BCUT2D eigenvalue weighted by Crippen LogP contribution is -2.31. The van der Waals surface area contributed by atoms with Crippen molar-refractivity contribution >= 4 is 6.03 Å². The molecule has 0 fully saturated rings. The monoisotopic (exact) mass is 259 g/mol. The normalized spacial score (nSPS) is 11.9. The Bertz CT molecular complexity index is 537. The lowest BCUT2D eigenvalue weighted by molar-refractivity contribution is 0.209. The fourth-order valence-electron chi connectivity index (χ4n) is 1.78. The summed E-state index contributed by atoms with van der Waals surface area (Å²) >= 11 is 0. The summed E-state index contributed by atoms with van der Waals surface area (Å²) in [5.74, 6) is 0.763. The standard InChI is InChI=1S/C14H17N3O2/c1-3-15-14(18)17-13(9-10-16-17)11(2)19-12-7-5-4-6-8-12/h4-11H,3H2,1-2H3,(H,15,18)/t11-/m0/s1. The van der Waals surface area contributed by atoms with E-state index in [0.29, 0.717) is 6.54 Å². The van der Waals surface area contributed by atoms with Gasteiger partial charge in [-0.1, -0.05) is 18.2 Å². The number of nitrogens with zero attached hydrogens (tertiary/aromatic N) is 2. The third-order valence-electron chi connectivity index (χ3n) is 2.66. The van der Waals surface area contributed by atoms with Gasteiger partial charge in [0.1, 0.15) is 11.9 Å². The molecule has 1 atom stereocenters. The van der Waals surface area contributed by atoms with E-state index in [2.05, 4.69) is 10.4 Å². The Morgan fingerprint density at radius 1 is 1.37 bits per heavy atom. The molecule has 2 aromatic rings. The number of nitrogens with one attached hydrogen (secondary N) is 1. The number of para-hydroxylation sites is 1. The van der Waals surface area contributed by atoms with Gasteiger partial charge in [0.2, 0.25) is 0 Å². The molecule has 100 valence electrons. The highest BCUT2D eigenvalue weighted by Gasteiger charge is 2.16. The largest absolute Gasteiger partial charge is 0.484 e. The molecule has 19 heavy (non-hydrogen) atoms. The molecule has 1 amide bonds. The van der Waals surface area contributed by atoms with E-state index < -0.39 is 0 Å². The third-order valence-corrected chi connectivity index (χ3v) is 2.66. The van der Waals surface area contributed by atoms with Crippen LogP contribution in [0.25, 0.3) is 0 Å². The molecule has 1 heterocycles. The third kappa shape index (κ3) is 3.13. The quantitative estimate of drug-likeness (QED) is 0.918. The first-order valence-corrected chi connectivity index (χ1v) is 6.26. The highest BCUT2D eigenvalue weighted by atomic mass is 16.5. The van der Waals surface area contributed by atoms with Crippen molar-refractivity contribution in [3.63, 3.8) is 0 Å². The van der Waals surface area contributed by atoms with Gasteiger partial charge in [-0.2, -0.15) is 9.78 Å². The van der Waals surface area contributed by atoms with Gasteiger partial charge in [0, 0.05) is 12.7 Å². The van der Waals surface area contributed by atoms with Crippen LogP contribution in [0.5, 0.6) is 5.75 Å². The maximum atomic E-state index is 11.8. The second kappa shape index (κ2) is 6.04. The molecule has 0 radical (unpaired) electrons. The van der Waals surface area contributed by atoms with E-state index in [1.54, 1.807) is 12.3 Å². The summed E-state index contributed by atoms with van der Waals surface area (Å²) < 4.78 is 7.12. The van der Waals surface area contributed by atoms with Crippen molar-refractivity contribution in [2.24, 2.45) is 0 Å². The highest BCUT2D eigenvalue weighted by molar-refractivity contribution is 5.76. The van der Waals surface area contributed by atoms with E-state index in [4.69, 9.17) is 4.74 Å². The predicted octanol–water partition coefficient (Wildman–Crippen LogP) is 2.60. The van der Waals surface area contributed by atoms with Gasteiger partial charge in [-0.05, 0) is 32.0 Å². The van der Waals surface area contributed by atoms with Crippen LogP contribution in [0.4, 0.5) is 4.79 Å². The second-order valence-electron chi connectivity index (χ2n) is 4.08. The molecule has 0 saturated heterocycles. The topological polar surface area (TPSA) is 56.2 Å². The summed E-state index contributed by atoms with van der Waals surface area (Å²) in [6.07, 6.45) is 1.34. The van der Waals surface area contributed by atoms with Crippen molar-refractivity contribution < 1.29 is 9.53 Å².